The number of carbonyl (C=O) groups excluding carboxylic acids is 2. The number of carbonyl (C=O) groups is 2. The Hall–Kier alpha value is -2.19. The van der Waals surface area contributed by atoms with Gasteiger partial charge in [0.05, 0.1) is 17.2 Å². The molecule has 0 bridgehead atoms. The molecule has 6 nitrogen and oxygen atoms in total. The zero-order valence-corrected chi connectivity index (χ0v) is 18.2. The minimum atomic E-state index is -0.696. The molecule has 2 atom stereocenters. The monoisotopic (exact) mass is 465 g/mol. The summed E-state index contributed by atoms with van der Waals surface area (Å²) in [4.78, 5) is 30.9. The third-order valence-corrected chi connectivity index (χ3v) is 6.42. The SMILES string of the molecule is O=C(c1ccc(Cl)cc1)N1CCN(C2CN(C(=O)c3ccc(F)c(Cl)c3)CC2O)CC1. The summed E-state index contributed by atoms with van der Waals surface area (Å²) in [6.07, 6.45) is -0.696. The van der Waals surface area contributed by atoms with Crippen molar-refractivity contribution in [2.45, 2.75) is 12.1 Å². The molecule has 2 unspecified atom stereocenters. The summed E-state index contributed by atoms with van der Waals surface area (Å²) in [5.74, 6) is -0.920. The molecule has 2 aromatic carbocycles. The summed E-state index contributed by atoms with van der Waals surface area (Å²) in [7, 11) is 0. The second-order valence-electron chi connectivity index (χ2n) is 7.81. The van der Waals surface area contributed by atoms with Crippen LogP contribution in [0.1, 0.15) is 20.7 Å². The summed E-state index contributed by atoms with van der Waals surface area (Å²) in [5.41, 5.74) is 0.881. The van der Waals surface area contributed by atoms with Crippen LogP contribution in [0.2, 0.25) is 10.0 Å². The third kappa shape index (κ3) is 4.70. The van der Waals surface area contributed by atoms with Crippen LogP contribution in [0.4, 0.5) is 4.39 Å². The van der Waals surface area contributed by atoms with Crippen molar-refractivity contribution in [1.29, 1.82) is 0 Å². The fourth-order valence-corrected chi connectivity index (χ4v) is 4.44. The molecule has 0 radical (unpaired) electrons. The first kappa shape index (κ1) is 22.0. The summed E-state index contributed by atoms with van der Waals surface area (Å²) >= 11 is 11.7. The summed E-state index contributed by atoms with van der Waals surface area (Å²) in [6, 6.07) is 10.5. The van der Waals surface area contributed by atoms with Gasteiger partial charge in [0.25, 0.3) is 11.8 Å². The van der Waals surface area contributed by atoms with Crippen LogP contribution in [0.15, 0.2) is 42.5 Å². The summed E-state index contributed by atoms with van der Waals surface area (Å²) < 4.78 is 13.4. The molecule has 9 heteroatoms. The molecule has 2 aliphatic rings. The molecule has 4 rings (SSSR count). The summed E-state index contributed by atoms with van der Waals surface area (Å²) in [6.45, 7) is 2.83. The van der Waals surface area contributed by atoms with Gasteiger partial charge in [0.1, 0.15) is 5.82 Å². The van der Waals surface area contributed by atoms with Gasteiger partial charge in [0.15, 0.2) is 0 Å². The van der Waals surface area contributed by atoms with Crippen LogP contribution < -0.4 is 0 Å². The molecule has 0 saturated carbocycles. The second kappa shape index (κ2) is 9.12. The standard InChI is InChI=1S/C22H22Cl2FN3O3/c23-16-4-1-14(2-5-16)21(30)27-9-7-26(8-10-27)19-12-28(13-20(19)29)22(31)15-3-6-18(25)17(24)11-15/h1-6,11,19-20,29H,7-10,12-13H2. The lowest BCUT2D eigenvalue weighted by molar-refractivity contribution is 0.0376. The van der Waals surface area contributed by atoms with Gasteiger partial charge in [-0.1, -0.05) is 23.2 Å². The number of benzene rings is 2. The van der Waals surface area contributed by atoms with Crippen LogP contribution in [0.25, 0.3) is 0 Å². The molecule has 2 saturated heterocycles. The van der Waals surface area contributed by atoms with Crippen LogP contribution in [-0.4, -0.2) is 83.0 Å². The van der Waals surface area contributed by atoms with E-state index in [1.807, 2.05) is 0 Å². The highest BCUT2D eigenvalue weighted by Crippen LogP contribution is 2.23. The smallest absolute Gasteiger partial charge is 0.254 e. The zero-order valence-electron chi connectivity index (χ0n) is 16.7. The topological polar surface area (TPSA) is 64.1 Å². The van der Waals surface area contributed by atoms with E-state index in [4.69, 9.17) is 23.2 Å². The Balaban J connectivity index is 1.35. The molecule has 0 spiro atoms. The second-order valence-corrected chi connectivity index (χ2v) is 8.65. The summed E-state index contributed by atoms with van der Waals surface area (Å²) in [5, 5.41) is 11.0. The van der Waals surface area contributed by atoms with E-state index >= 15 is 0 Å². The number of piperazine rings is 1. The van der Waals surface area contributed by atoms with E-state index in [0.717, 1.165) is 6.07 Å². The van der Waals surface area contributed by atoms with E-state index in [0.29, 0.717) is 43.3 Å². The first-order chi connectivity index (χ1) is 14.8. The minimum absolute atomic E-state index is 0.0479. The van der Waals surface area contributed by atoms with Gasteiger partial charge in [-0.15, -0.1) is 0 Å². The van der Waals surface area contributed by atoms with Crippen molar-refractivity contribution in [2.75, 3.05) is 39.3 Å². The van der Waals surface area contributed by atoms with Gasteiger partial charge in [-0.25, -0.2) is 4.39 Å². The predicted molar refractivity (Wildman–Crippen MR) is 116 cm³/mol. The molecule has 1 N–H and O–H groups in total. The van der Waals surface area contributed by atoms with Gasteiger partial charge in [-0.05, 0) is 42.5 Å². The van der Waals surface area contributed by atoms with Gasteiger partial charge in [-0.2, -0.15) is 0 Å². The lowest BCUT2D eigenvalue weighted by Crippen LogP contribution is -2.54. The van der Waals surface area contributed by atoms with E-state index in [1.54, 1.807) is 34.1 Å². The number of likely N-dealkylation sites (tertiary alicyclic amines) is 1. The molecule has 2 aromatic rings. The molecule has 2 heterocycles. The van der Waals surface area contributed by atoms with E-state index in [9.17, 15) is 19.1 Å². The Morgan fingerprint density at radius 3 is 2.13 bits per heavy atom. The van der Waals surface area contributed by atoms with Gasteiger partial charge in [0, 0.05) is 55.4 Å². The van der Waals surface area contributed by atoms with Crippen LogP contribution in [-0.2, 0) is 0 Å². The predicted octanol–water partition coefficient (Wildman–Crippen LogP) is 2.78. The maximum Gasteiger partial charge on any atom is 0.254 e. The Morgan fingerprint density at radius 2 is 1.48 bits per heavy atom. The van der Waals surface area contributed by atoms with Gasteiger partial charge in [0.2, 0.25) is 0 Å². The number of nitrogens with zero attached hydrogens (tertiary/aromatic N) is 3. The largest absolute Gasteiger partial charge is 0.390 e. The number of hydrogen-bond acceptors (Lipinski definition) is 4. The fraction of sp³-hybridized carbons (Fsp3) is 0.364. The lowest BCUT2D eigenvalue weighted by Gasteiger charge is -2.38. The number of aliphatic hydroxyl groups is 1. The van der Waals surface area contributed by atoms with Crippen LogP contribution in [0.5, 0.6) is 0 Å². The van der Waals surface area contributed by atoms with Crippen LogP contribution in [0.3, 0.4) is 0 Å². The molecular weight excluding hydrogens is 444 g/mol. The van der Waals surface area contributed by atoms with Crippen molar-refractivity contribution in [3.8, 4) is 0 Å². The fourth-order valence-electron chi connectivity index (χ4n) is 4.14. The lowest BCUT2D eigenvalue weighted by atomic mass is 10.1. The number of rotatable bonds is 3. The van der Waals surface area contributed by atoms with Crippen molar-refractivity contribution in [2.24, 2.45) is 0 Å². The number of halogens is 3. The Labute approximate surface area is 189 Å². The average molecular weight is 466 g/mol. The van der Waals surface area contributed by atoms with Gasteiger partial charge < -0.3 is 14.9 Å². The van der Waals surface area contributed by atoms with E-state index < -0.39 is 11.9 Å². The third-order valence-electron chi connectivity index (χ3n) is 5.87. The van der Waals surface area contributed by atoms with Crippen LogP contribution in [0, 0.1) is 5.82 Å². The first-order valence-corrected chi connectivity index (χ1v) is 10.8. The molecule has 0 aliphatic carbocycles. The molecular formula is C22H22Cl2FN3O3. The Morgan fingerprint density at radius 1 is 0.871 bits per heavy atom. The van der Waals surface area contributed by atoms with Crippen molar-refractivity contribution in [3.05, 3.63) is 69.5 Å². The van der Waals surface area contributed by atoms with Crippen molar-refractivity contribution in [3.63, 3.8) is 0 Å². The van der Waals surface area contributed by atoms with Crippen molar-refractivity contribution < 1.29 is 19.1 Å². The first-order valence-electron chi connectivity index (χ1n) is 10.0. The minimum Gasteiger partial charge on any atom is -0.390 e. The Kier molecular flexibility index (Phi) is 6.48. The highest BCUT2D eigenvalue weighted by Gasteiger charge is 2.39. The van der Waals surface area contributed by atoms with Crippen molar-refractivity contribution >= 4 is 35.0 Å². The number of amides is 2. The Bertz CT molecular complexity index is 980. The van der Waals surface area contributed by atoms with Gasteiger partial charge in [-0.3, -0.25) is 14.5 Å². The number of aliphatic hydroxyl groups excluding tert-OH is 1. The average Bonchev–Trinajstić information content (AvgIpc) is 3.17. The van der Waals surface area contributed by atoms with E-state index in [2.05, 4.69) is 4.90 Å². The zero-order chi connectivity index (χ0) is 22.1. The maximum atomic E-state index is 13.4. The van der Waals surface area contributed by atoms with Gasteiger partial charge >= 0.3 is 0 Å². The van der Waals surface area contributed by atoms with Crippen LogP contribution >= 0.6 is 23.2 Å². The highest BCUT2D eigenvalue weighted by molar-refractivity contribution is 6.31. The van der Waals surface area contributed by atoms with E-state index in [-0.39, 0.29) is 35.0 Å². The molecule has 2 fully saturated rings. The normalized spacial score (nSPS) is 22.1. The van der Waals surface area contributed by atoms with E-state index in [1.165, 1.54) is 12.1 Å². The number of β-amino-alcohol motifs (C(OH)–C–C–N with tert-alkyl or cyclic N) is 1. The quantitative estimate of drug-likeness (QED) is 0.756. The molecule has 31 heavy (non-hydrogen) atoms. The molecule has 0 aromatic heterocycles. The van der Waals surface area contributed by atoms with Crippen molar-refractivity contribution in [1.82, 2.24) is 14.7 Å². The molecule has 164 valence electrons. The molecule has 2 amide bonds. The number of hydrogen-bond donors (Lipinski definition) is 1. The highest BCUT2D eigenvalue weighted by atomic mass is 35.5. The molecule has 2 aliphatic heterocycles. The maximum absolute atomic E-state index is 13.4.